The lowest BCUT2D eigenvalue weighted by atomic mass is 10.1. The lowest BCUT2D eigenvalue weighted by Crippen LogP contribution is -2.51. The first-order valence-corrected chi connectivity index (χ1v) is 14.5. The normalized spacial score (nSPS) is 12.0. The third kappa shape index (κ3) is 8.03. The van der Waals surface area contributed by atoms with Crippen LogP contribution in [0, 0.1) is 12.7 Å². The number of amides is 2. The number of carbonyl (C=O) groups excluding carboxylic acids is 2. The van der Waals surface area contributed by atoms with Crippen molar-refractivity contribution in [1.82, 2.24) is 10.2 Å². The van der Waals surface area contributed by atoms with Crippen molar-refractivity contribution in [2.75, 3.05) is 17.4 Å². The lowest BCUT2D eigenvalue weighted by Gasteiger charge is -2.32. The van der Waals surface area contributed by atoms with Gasteiger partial charge in [-0.1, -0.05) is 54.8 Å². The van der Waals surface area contributed by atoms with Gasteiger partial charge in [0, 0.05) is 18.1 Å². The number of benzene rings is 3. The van der Waals surface area contributed by atoms with Gasteiger partial charge in [-0.3, -0.25) is 13.9 Å². The van der Waals surface area contributed by atoms with Crippen LogP contribution in [-0.4, -0.2) is 44.3 Å². The van der Waals surface area contributed by atoms with E-state index in [9.17, 15) is 22.4 Å². The van der Waals surface area contributed by atoms with Crippen molar-refractivity contribution in [3.05, 3.63) is 94.8 Å². The molecule has 1 atom stereocenters. The molecular weight excluding hydrogens is 541 g/mol. The molecule has 7 nitrogen and oxygen atoms in total. The van der Waals surface area contributed by atoms with Crippen molar-refractivity contribution >= 4 is 39.1 Å². The molecule has 0 spiro atoms. The molecule has 2 amide bonds. The van der Waals surface area contributed by atoms with E-state index in [1.807, 2.05) is 13.8 Å². The highest BCUT2D eigenvalue weighted by Crippen LogP contribution is 2.25. The summed E-state index contributed by atoms with van der Waals surface area (Å²) in [5.74, 6) is -1.51. The first-order valence-electron chi connectivity index (χ1n) is 12.7. The fourth-order valence-electron chi connectivity index (χ4n) is 3.92. The third-order valence-electron chi connectivity index (χ3n) is 6.24. The van der Waals surface area contributed by atoms with E-state index in [1.165, 1.54) is 4.90 Å². The molecule has 39 heavy (non-hydrogen) atoms. The lowest BCUT2D eigenvalue weighted by molar-refractivity contribution is -0.139. The molecule has 0 aromatic heterocycles. The van der Waals surface area contributed by atoms with E-state index in [0.29, 0.717) is 17.1 Å². The minimum Gasteiger partial charge on any atom is -0.354 e. The van der Waals surface area contributed by atoms with Crippen LogP contribution in [0.2, 0.25) is 5.02 Å². The molecule has 3 aromatic carbocycles. The molecule has 0 radical (unpaired) electrons. The molecule has 208 valence electrons. The van der Waals surface area contributed by atoms with Gasteiger partial charge in [0.25, 0.3) is 10.0 Å². The number of hydrogen-bond donors (Lipinski definition) is 1. The van der Waals surface area contributed by atoms with Gasteiger partial charge in [0.2, 0.25) is 11.8 Å². The number of nitrogens with zero attached hydrogens (tertiary/aromatic N) is 2. The Morgan fingerprint density at radius 1 is 1.03 bits per heavy atom. The summed E-state index contributed by atoms with van der Waals surface area (Å²) in [6, 6.07) is 17.1. The van der Waals surface area contributed by atoms with Crippen molar-refractivity contribution in [2.24, 2.45) is 0 Å². The van der Waals surface area contributed by atoms with Gasteiger partial charge in [-0.15, -0.1) is 0 Å². The van der Waals surface area contributed by atoms with Gasteiger partial charge in [0.15, 0.2) is 0 Å². The Morgan fingerprint density at radius 2 is 1.69 bits per heavy atom. The molecule has 0 fully saturated rings. The number of sulfonamides is 1. The largest absolute Gasteiger partial charge is 0.354 e. The van der Waals surface area contributed by atoms with Crippen LogP contribution < -0.4 is 9.62 Å². The highest BCUT2D eigenvalue weighted by atomic mass is 35.5. The highest BCUT2D eigenvalue weighted by Gasteiger charge is 2.32. The smallest absolute Gasteiger partial charge is 0.264 e. The number of aryl methyl sites for hydroxylation is 1. The van der Waals surface area contributed by atoms with E-state index in [0.717, 1.165) is 47.0 Å². The molecule has 0 bridgehead atoms. The van der Waals surface area contributed by atoms with Gasteiger partial charge in [-0.25, -0.2) is 12.8 Å². The van der Waals surface area contributed by atoms with Gasteiger partial charge < -0.3 is 10.2 Å². The quantitative estimate of drug-likeness (QED) is 0.297. The van der Waals surface area contributed by atoms with E-state index >= 15 is 0 Å². The third-order valence-corrected chi connectivity index (χ3v) is 8.26. The van der Waals surface area contributed by atoms with Crippen LogP contribution in [0.1, 0.15) is 37.8 Å². The summed E-state index contributed by atoms with van der Waals surface area (Å²) in [4.78, 5) is 28.0. The highest BCUT2D eigenvalue weighted by molar-refractivity contribution is 7.92. The number of halogens is 2. The molecule has 0 aliphatic carbocycles. The van der Waals surface area contributed by atoms with E-state index in [1.54, 1.807) is 55.5 Å². The van der Waals surface area contributed by atoms with Gasteiger partial charge in [-0.05, 0) is 74.4 Å². The molecule has 3 rings (SSSR count). The molecule has 0 saturated heterocycles. The van der Waals surface area contributed by atoms with E-state index in [4.69, 9.17) is 11.6 Å². The number of carbonyl (C=O) groups is 2. The zero-order valence-electron chi connectivity index (χ0n) is 22.2. The van der Waals surface area contributed by atoms with Gasteiger partial charge in [-0.2, -0.15) is 0 Å². The van der Waals surface area contributed by atoms with E-state index < -0.39 is 34.3 Å². The van der Waals surface area contributed by atoms with Crippen LogP contribution in [-0.2, 0) is 26.2 Å². The maximum Gasteiger partial charge on any atom is 0.264 e. The number of nitrogens with one attached hydrogen (secondary N) is 1. The zero-order chi connectivity index (χ0) is 28.6. The van der Waals surface area contributed by atoms with Crippen LogP contribution in [0.4, 0.5) is 10.1 Å². The number of unbranched alkanes of at least 4 members (excludes halogenated alkanes) is 1. The molecule has 3 aromatic rings. The van der Waals surface area contributed by atoms with Crippen molar-refractivity contribution in [3.8, 4) is 0 Å². The van der Waals surface area contributed by atoms with Crippen LogP contribution in [0.15, 0.2) is 77.7 Å². The minimum atomic E-state index is -4.26. The van der Waals surface area contributed by atoms with Crippen molar-refractivity contribution in [1.29, 1.82) is 0 Å². The summed E-state index contributed by atoms with van der Waals surface area (Å²) >= 11 is 6.15. The van der Waals surface area contributed by atoms with Crippen LogP contribution in [0.25, 0.3) is 0 Å². The second-order valence-electron chi connectivity index (χ2n) is 9.27. The predicted molar refractivity (Wildman–Crippen MR) is 151 cm³/mol. The Labute approximate surface area is 234 Å². The molecule has 0 unspecified atom stereocenters. The summed E-state index contributed by atoms with van der Waals surface area (Å²) in [7, 11) is -4.26. The van der Waals surface area contributed by atoms with Gasteiger partial charge in [0.1, 0.15) is 18.4 Å². The van der Waals surface area contributed by atoms with Crippen LogP contribution in [0.5, 0.6) is 0 Å². The molecule has 0 heterocycles. The van der Waals surface area contributed by atoms with Crippen molar-refractivity contribution in [2.45, 2.75) is 51.1 Å². The number of rotatable bonds is 12. The van der Waals surface area contributed by atoms with E-state index in [2.05, 4.69) is 5.32 Å². The Bertz CT molecular complexity index is 1380. The Balaban J connectivity index is 1.99. The SMILES string of the molecule is CCCCNC(=O)[C@H](C)N(Cc1cccc(Cl)c1)C(=O)CN(c1ccc(C)cc1)S(=O)(=O)c1ccc(F)cc1. The molecule has 1 N–H and O–H groups in total. The Kier molecular flexibility index (Phi) is 10.5. The average molecular weight is 574 g/mol. The Hall–Kier alpha value is -3.43. The summed E-state index contributed by atoms with van der Waals surface area (Å²) < 4.78 is 41.9. The fourth-order valence-corrected chi connectivity index (χ4v) is 5.55. The summed E-state index contributed by atoms with van der Waals surface area (Å²) in [6.07, 6.45) is 1.68. The molecule has 0 aliphatic rings. The Morgan fingerprint density at radius 3 is 2.31 bits per heavy atom. The molecule has 10 heteroatoms. The standard InChI is InChI=1S/C29H33ClFN3O4S/c1-4-5-17-32-29(36)22(3)33(19-23-7-6-8-24(30)18-23)28(35)20-34(26-13-9-21(2)10-14-26)39(37,38)27-15-11-25(31)12-16-27/h6-16,18,22H,4-5,17,19-20H2,1-3H3,(H,32,36)/t22-/m0/s1. The topological polar surface area (TPSA) is 86.8 Å². The maximum absolute atomic E-state index is 13.8. The van der Waals surface area contributed by atoms with Crippen LogP contribution >= 0.6 is 11.6 Å². The number of anilines is 1. The van der Waals surface area contributed by atoms with Gasteiger partial charge in [0.05, 0.1) is 10.6 Å². The fraction of sp³-hybridized carbons (Fsp3) is 0.310. The summed E-state index contributed by atoms with van der Waals surface area (Å²) in [5.41, 5.74) is 1.86. The van der Waals surface area contributed by atoms with Crippen molar-refractivity contribution in [3.63, 3.8) is 0 Å². The maximum atomic E-state index is 13.8. The van der Waals surface area contributed by atoms with E-state index in [-0.39, 0.29) is 23.0 Å². The molecular formula is C29H33ClFN3O4S. The van der Waals surface area contributed by atoms with Crippen molar-refractivity contribution < 1.29 is 22.4 Å². The second kappa shape index (κ2) is 13.6. The average Bonchev–Trinajstić information content (AvgIpc) is 2.90. The van der Waals surface area contributed by atoms with Crippen LogP contribution in [0.3, 0.4) is 0 Å². The summed E-state index contributed by atoms with van der Waals surface area (Å²) in [5, 5.41) is 3.31. The first kappa shape index (κ1) is 30.1. The second-order valence-corrected chi connectivity index (χ2v) is 11.6. The molecule has 0 saturated carbocycles. The number of hydrogen-bond acceptors (Lipinski definition) is 4. The minimum absolute atomic E-state index is 0.0418. The summed E-state index contributed by atoms with van der Waals surface area (Å²) in [6.45, 7) is 5.41. The predicted octanol–water partition coefficient (Wildman–Crippen LogP) is 5.32. The van der Waals surface area contributed by atoms with Gasteiger partial charge >= 0.3 is 0 Å². The first-order chi connectivity index (χ1) is 18.5. The zero-order valence-corrected chi connectivity index (χ0v) is 23.8. The molecule has 0 aliphatic heterocycles. The monoisotopic (exact) mass is 573 g/mol.